The summed E-state index contributed by atoms with van der Waals surface area (Å²) in [5.41, 5.74) is 2.77. The first-order chi connectivity index (χ1) is 11.5. The van der Waals surface area contributed by atoms with Gasteiger partial charge in [-0.15, -0.1) is 0 Å². The van der Waals surface area contributed by atoms with Crippen molar-refractivity contribution in [1.82, 2.24) is 15.1 Å². The number of rotatable bonds is 7. The Hall–Kier alpha value is -2.12. The first kappa shape index (κ1) is 18.2. The van der Waals surface area contributed by atoms with Crippen molar-refractivity contribution in [3.8, 4) is 5.69 Å². The third-order valence-electron chi connectivity index (χ3n) is 3.49. The molecule has 1 N–H and O–H groups in total. The van der Waals surface area contributed by atoms with Crippen molar-refractivity contribution in [1.29, 1.82) is 0 Å². The van der Waals surface area contributed by atoms with Crippen LogP contribution in [0.25, 0.3) is 5.69 Å². The molecule has 0 bridgehead atoms. The summed E-state index contributed by atoms with van der Waals surface area (Å²) < 4.78 is 6.24. The van der Waals surface area contributed by atoms with Crippen molar-refractivity contribution >= 4 is 17.7 Å². The summed E-state index contributed by atoms with van der Waals surface area (Å²) in [6.45, 7) is 4.97. The number of benzene rings is 1. The van der Waals surface area contributed by atoms with Crippen LogP contribution in [0.1, 0.15) is 11.1 Å². The maximum absolute atomic E-state index is 12.1. The zero-order chi connectivity index (χ0) is 17.5. The molecular weight excluding hydrogens is 326 g/mol. The van der Waals surface area contributed by atoms with E-state index in [1.807, 2.05) is 32.0 Å². The lowest BCUT2D eigenvalue weighted by Crippen LogP contribution is -2.28. The standard InChI is InChI=1S/C17H21N3O3S/c1-12-4-5-14(10-13(12)2)20-17(22)7-6-16(19-20)24-11-15(21)18-8-9-23-3/h4-7,10H,8-9,11H2,1-3H3,(H,18,21). The Morgan fingerprint density at radius 3 is 2.75 bits per heavy atom. The van der Waals surface area contributed by atoms with E-state index in [-0.39, 0.29) is 17.2 Å². The lowest BCUT2D eigenvalue weighted by molar-refractivity contribution is -0.118. The molecule has 0 saturated heterocycles. The smallest absolute Gasteiger partial charge is 0.271 e. The van der Waals surface area contributed by atoms with Crippen LogP contribution in [0.15, 0.2) is 40.2 Å². The maximum atomic E-state index is 12.1. The lowest BCUT2D eigenvalue weighted by Gasteiger charge is -2.09. The molecule has 6 nitrogen and oxygen atoms in total. The number of nitrogens with zero attached hydrogens (tertiary/aromatic N) is 2. The number of carbonyl (C=O) groups is 1. The summed E-state index contributed by atoms with van der Waals surface area (Å²) in [7, 11) is 1.58. The highest BCUT2D eigenvalue weighted by Crippen LogP contribution is 2.15. The number of carbonyl (C=O) groups excluding carboxylic acids is 1. The molecule has 1 aromatic carbocycles. The molecule has 128 valence electrons. The van der Waals surface area contributed by atoms with Gasteiger partial charge in [-0.1, -0.05) is 17.8 Å². The van der Waals surface area contributed by atoms with Gasteiger partial charge >= 0.3 is 0 Å². The van der Waals surface area contributed by atoms with Crippen molar-refractivity contribution in [3.63, 3.8) is 0 Å². The fourth-order valence-electron chi connectivity index (χ4n) is 2.00. The average Bonchev–Trinajstić information content (AvgIpc) is 2.57. The number of aryl methyl sites for hydroxylation is 2. The Bertz CT molecular complexity index is 774. The van der Waals surface area contributed by atoms with Crippen LogP contribution in [0.4, 0.5) is 0 Å². The molecule has 1 aromatic heterocycles. The Balaban J connectivity index is 2.09. The van der Waals surface area contributed by atoms with Crippen LogP contribution in [0, 0.1) is 13.8 Å². The first-order valence-electron chi connectivity index (χ1n) is 7.57. The lowest BCUT2D eigenvalue weighted by atomic mass is 10.1. The fraction of sp³-hybridized carbons (Fsp3) is 0.353. The minimum atomic E-state index is -0.202. The third-order valence-corrected chi connectivity index (χ3v) is 4.41. The van der Waals surface area contributed by atoms with Crippen LogP contribution in [-0.4, -0.2) is 41.7 Å². The minimum absolute atomic E-state index is 0.0946. The normalized spacial score (nSPS) is 10.6. The number of nitrogens with one attached hydrogen (secondary N) is 1. The number of hydrogen-bond acceptors (Lipinski definition) is 5. The molecule has 0 radical (unpaired) electrons. The Kier molecular flexibility index (Phi) is 6.57. The van der Waals surface area contributed by atoms with Gasteiger partial charge in [-0.05, 0) is 43.2 Å². The zero-order valence-electron chi connectivity index (χ0n) is 14.0. The molecule has 0 saturated carbocycles. The molecule has 7 heteroatoms. The predicted molar refractivity (Wildman–Crippen MR) is 94.9 cm³/mol. The summed E-state index contributed by atoms with van der Waals surface area (Å²) >= 11 is 1.29. The van der Waals surface area contributed by atoms with Gasteiger partial charge < -0.3 is 10.1 Å². The molecule has 2 aromatic rings. The van der Waals surface area contributed by atoms with Crippen molar-refractivity contribution in [2.75, 3.05) is 26.0 Å². The number of amides is 1. The molecule has 1 heterocycles. The number of aromatic nitrogens is 2. The van der Waals surface area contributed by atoms with Crippen LogP contribution in [0.3, 0.4) is 0 Å². The highest BCUT2D eigenvalue weighted by Gasteiger charge is 2.07. The summed E-state index contributed by atoms with van der Waals surface area (Å²) in [5, 5.41) is 7.71. The third kappa shape index (κ3) is 4.94. The molecule has 0 aliphatic heterocycles. The minimum Gasteiger partial charge on any atom is -0.383 e. The quantitative estimate of drug-likeness (QED) is 0.610. The second kappa shape index (κ2) is 8.65. The van der Waals surface area contributed by atoms with Gasteiger partial charge in [0.25, 0.3) is 5.56 Å². The highest BCUT2D eigenvalue weighted by molar-refractivity contribution is 7.99. The summed E-state index contributed by atoms with van der Waals surface area (Å²) in [4.78, 5) is 23.8. The molecule has 0 aliphatic rings. The summed E-state index contributed by atoms with van der Waals surface area (Å²) in [5.74, 6) is 0.143. The maximum Gasteiger partial charge on any atom is 0.271 e. The van der Waals surface area contributed by atoms with E-state index in [0.29, 0.717) is 18.2 Å². The molecule has 24 heavy (non-hydrogen) atoms. The van der Waals surface area contributed by atoms with Crippen molar-refractivity contribution in [2.45, 2.75) is 18.9 Å². The van der Waals surface area contributed by atoms with Crippen molar-refractivity contribution in [3.05, 3.63) is 51.8 Å². The van der Waals surface area contributed by atoms with Crippen LogP contribution in [0.5, 0.6) is 0 Å². The van der Waals surface area contributed by atoms with Crippen LogP contribution < -0.4 is 10.9 Å². The molecule has 0 fully saturated rings. The van der Waals surface area contributed by atoms with Crippen LogP contribution in [-0.2, 0) is 9.53 Å². The van der Waals surface area contributed by atoms with E-state index in [4.69, 9.17) is 4.74 Å². The Morgan fingerprint density at radius 1 is 1.25 bits per heavy atom. The van der Waals surface area contributed by atoms with Crippen molar-refractivity contribution in [2.24, 2.45) is 0 Å². The number of thioether (sulfide) groups is 1. The van der Waals surface area contributed by atoms with Crippen LogP contribution >= 0.6 is 11.8 Å². The van der Waals surface area contributed by atoms with Gasteiger partial charge in [0.15, 0.2) is 0 Å². The number of methoxy groups -OCH3 is 1. The molecule has 1 amide bonds. The van der Waals surface area contributed by atoms with E-state index in [9.17, 15) is 9.59 Å². The zero-order valence-corrected chi connectivity index (χ0v) is 14.9. The summed E-state index contributed by atoms with van der Waals surface area (Å²) in [6, 6.07) is 8.85. The van der Waals surface area contributed by atoms with Gasteiger partial charge in [0, 0.05) is 19.7 Å². The average molecular weight is 347 g/mol. The first-order valence-corrected chi connectivity index (χ1v) is 8.56. The second-order valence-electron chi connectivity index (χ2n) is 5.32. The van der Waals surface area contributed by atoms with Gasteiger partial charge in [-0.2, -0.15) is 9.78 Å². The largest absolute Gasteiger partial charge is 0.383 e. The number of hydrogen-bond donors (Lipinski definition) is 1. The molecule has 0 aliphatic carbocycles. The van der Waals surface area contributed by atoms with Gasteiger partial charge in [0.05, 0.1) is 18.0 Å². The van der Waals surface area contributed by atoms with Crippen molar-refractivity contribution < 1.29 is 9.53 Å². The van der Waals surface area contributed by atoms with E-state index in [1.165, 1.54) is 22.5 Å². The molecule has 0 spiro atoms. The Labute approximate surface area is 145 Å². The monoisotopic (exact) mass is 347 g/mol. The summed E-state index contributed by atoms with van der Waals surface area (Å²) in [6.07, 6.45) is 0. The van der Waals surface area contributed by atoms with E-state index >= 15 is 0 Å². The molecule has 0 atom stereocenters. The van der Waals surface area contributed by atoms with Gasteiger partial charge in [0.2, 0.25) is 5.91 Å². The molecule has 2 rings (SSSR count). The van der Waals surface area contributed by atoms with E-state index in [0.717, 1.165) is 16.8 Å². The number of ether oxygens (including phenoxy) is 1. The van der Waals surface area contributed by atoms with E-state index in [2.05, 4.69) is 10.4 Å². The topological polar surface area (TPSA) is 73.2 Å². The van der Waals surface area contributed by atoms with E-state index < -0.39 is 0 Å². The predicted octanol–water partition coefficient (Wildman–Crippen LogP) is 1.70. The fourth-order valence-corrected chi connectivity index (χ4v) is 2.68. The Morgan fingerprint density at radius 2 is 2.04 bits per heavy atom. The van der Waals surface area contributed by atoms with Gasteiger partial charge in [0.1, 0.15) is 5.03 Å². The van der Waals surface area contributed by atoms with Gasteiger partial charge in [-0.3, -0.25) is 9.59 Å². The van der Waals surface area contributed by atoms with E-state index in [1.54, 1.807) is 13.2 Å². The second-order valence-corrected chi connectivity index (χ2v) is 6.32. The molecule has 0 unspecified atom stereocenters. The highest BCUT2D eigenvalue weighted by atomic mass is 32.2. The van der Waals surface area contributed by atoms with Crippen LogP contribution in [0.2, 0.25) is 0 Å². The SMILES string of the molecule is COCCNC(=O)CSc1ccc(=O)n(-c2ccc(C)c(C)c2)n1. The molecular formula is C17H21N3O3S. The van der Waals surface area contributed by atoms with Gasteiger partial charge in [-0.25, -0.2) is 0 Å².